The monoisotopic (exact) mass is 319 g/mol. The van der Waals surface area contributed by atoms with E-state index in [4.69, 9.17) is 9.15 Å². The highest BCUT2D eigenvalue weighted by atomic mass is 19.1. The van der Waals surface area contributed by atoms with Crippen molar-refractivity contribution in [2.45, 2.75) is 19.5 Å². The summed E-state index contributed by atoms with van der Waals surface area (Å²) >= 11 is 0. The number of hydrogen-bond acceptors (Lipinski definition) is 4. The average molecular weight is 319 g/mol. The first-order chi connectivity index (χ1) is 11.1. The maximum atomic E-state index is 13.1. The summed E-state index contributed by atoms with van der Waals surface area (Å²) in [5.74, 6) is 0.856. The maximum absolute atomic E-state index is 13.1. The number of morpholine rings is 1. The fraction of sp³-hybridized carbons (Fsp3) is 0.375. The van der Waals surface area contributed by atoms with E-state index < -0.39 is 0 Å². The molecule has 1 saturated heterocycles. The Balaban J connectivity index is 1.67. The molecule has 1 aliphatic heterocycles. The Morgan fingerprint density at radius 3 is 2.91 bits per heavy atom. The van der Waals surface area contributed by atoms with Crippen molar-refractivity contribution >= 4 is 6.03 Å². The van der Waals surface area contributed by atoms with E-state index in [-0.39, 0.29) is 24.4 Å². The molecule has 7 heteroatoms. The van der Waals surface area contributed by atoms with Gasteiger partial charge in [0.1, 0.15) is 11.6 Å². The van der Waals surface area contributed by atoms with Gasteiger partial charge in [0.05, 0.1) is 32.0 Å². The molecule has 1 aromatic carbocycles. The highest BCUT2D eigenvalue weighted by molar-refractivity contribution is 5.74. The number of hydrogen-bond donors (Lipinski definition) is 1. The fourth-order valence-electron chi connectivity index (χ4n) is 2.56. The Kier molecular flexibility index (Phi) is 4.57. The van der Waals surface area contributed by atoms with E-state index in [1.165, 1.54) is 12.1 Å². The Morgan fingerprint density at radius 2 is 2.22 bits per heavy atom. The van der Waals surface area contributed by atoms with E-state index in [1.54, 1.807) is 30.2 Å². The molecule has 0 radical (unpaired) electrons. The number of nitrogens with zero attached hydrogens (tertiary/aromatic N) is 2. The minimum atomic E-state index is -0.304. The van der Waals surface area contributed by atoms with Gasteiger partial charge in [0.2, 0.25) is 0 Å². The zero-order valence-electron chi connectivity index (χ0n) is 12.8. The van der Waals surface area contributed by atoms with Crippen LogP contribution in [0.3, 0.4) is 0 Å². The van der Waals surface area contributed by atoms with Crippen LogP contribution in [0.5, 0.6) is 0 Å². The van der Waals surface area contributed by atoms with E-state index in [0.717, 1.165) is 5.56 Å². The molecule has 3 rings (SSSR count). The van der Waals surface area contributed by atoms with Gasteiger partial charge in [0, 0.05) is 13.5 Å². The summed E-state index contributed by atoms with van der Waals surface area (Å²) in [4.78, 5) is 18.1. The molecule has 1 aromatic heterocycles. The van der Waals surface area contributed by atoms with Gasteiger partial charge in [-0.1, -0.05) is 12.1 Å². The van der Waals surface area contributed by atoms with Gasteiger partial charge in [-0.25, -0.2) is 14.2 Å². The van der Waals surface area contributed by atoms with Crippen molar-refractivity contribution in [2.75, 3.05) is 19.8 Å². The quantitative estimate of drug-likeness (QED) is 0.943. The highest BCUT2D eigenvalue weighted by Gasteiger charge is 2.28. The number of halogens is 1. The second-order valence-corrected chi connectivity index (χ2v) is 5.34. The summed E-state index contributed by atoms with van der Waals surface area (Å²) in [6.07, 6.45) is 1.59. The van der Waals surface area contributed by atoms with Gasteiger partial charge in [0.25, 0.3) is 0 Å². The van der Waals surface area contributed by atoms with Gasteiger partial charge in [-0.15, -0.1) is 0 Å². The van der Waals surface area contributed by atoms with Gasteiger partial charge in [-0.05, 0) is 17.7 Å². The number of benzene rings is 1. The summed E-state index contributed by atoms with van der Waals surface area (Å²) < 4.78 is 23.9. The van der Waals surface area contributed by atoms with E-state index in [2.05, 4.69) is 10.3 Å². The number of ether oxygens (including phenoxy) is 1. The Bertz CT molecular complexity index is 671. The Hall–Kier alpha value is -2.41. The number of amides is 2. The number of carbonyl (C=O) groups is 1. The molecule has 1 fully saturated rings. The van der Waals surface area contributed by atoms with E-state index >= 15 is 0 Å². The molecular weight excluding hydrogens is 301 g/mol. The largest absolute Gasteiger partial charge is 0.444 e. The van der Waals surface area contributed by atoms with Crippen LogP contribution < -0.4 is 5.32 Å². The van der Waals surface area contributed by atoms with Crippen LogP contribution in [0.2, 0.25) is 0 Å². The fourth-order valence-corrected chi connectivity index (χ4v) is 2.56. The smallest absolute Gasteiger partial charge is 0.318 e. The summed E-state index contributed by atoms with van der Waals surface area (Å²) in [5, 5.41) is 2.82. The lowest BCUT2D eigenvalue weighted by Crippen LogP contribution is -2.47. The minimum Gasteiger partial charge on any atom is -0.444 e. The first-order valence-electron chi connectivity index (χ1n) is 7.42. The van der Waals surface area contributed by atoms with Crippen LogP contribution in [0.4, 0.5) is 9.18 Å². The van der Waals surface area contributed by atoms with E-state index in [0.29, 0.717) is 31.4 Å². The third-order valence-corrected chi connectivity index (χ3v) is 3.73. The van der Waals surface area contributed by atoms with Crippen LogP contribution in [0.25, 0.3) is 0 Å². The Labute approximate surface area is 133 Å². The standard InChI is InChI=1S/C16H18FN3O3/c1-11-18-8-14(23-11)9-19-16(21)20-6-7-22-10-15(20)12-2-4-13(17)5-3-12/h2-5,8,15H,6-7,9-10H2,1H3,(H,19,21)/t15-/m1/s1. The van der Waals surface area contributed by atoms with Crippen molar-refractivity contribution in [3.05, 3.63) is 53.5 Å². The summed E-state index contributed by atoms with van der Waals surface area (Å²) in [6.45, 7) is 3.36. The SMILES string of the molecule is Cc1ncc(CNC(=O)N2CCOC[C@@H]2c2ccc(F)cc2)o1. The number of nitrogens with one attached hydrogen (secondary N) is 1. The van der Waals surface area contributed by atoms with Crippen molar-refractivity contribution in [3.63, 3.8) is 0 Å². The zero-order valence-corrected chi connectivity index (χ0v) is 12.8. The second kappa shape index (κ2) is 6.78. The molecule has 0 aliphatic carbocycles. The summed E-state index contributed by atoms with van der Waals surface area (Å²) in [5.41, 5.74) is 0.844. The predicted octanol–water partition coefficient (Wildman–Crippen LogP) is 2.41. The van der Waals surface area contributed by atoms with Crippen molar-refractivity contribution in [3.8, 4) is 0 Å². The molecular formula is C16H18FN3O3. The molecule has 0 unspecified atom stereocenters. The molecule has 0 bridgehead atoms. The predicted molar refractivity (Wildman–Crippen MR) is 80.1 cm³/mol. The first-order valence-corrected chi connectivity index (χ1v) is 7.42. The third kappa shape index (κ3) is 3.68. The topological polar surface area (TPSA) is 67.6 Å². The number of aryl methyl sites for hydroxylation is 1. The lowest BCUT2D eigenvalue weighted by Gasteiger charge is -2.35. The number of rotatable bonds is 3. The molecule has 2 amide bonds. The molecule has 23 heavy (non-hydrogen) atoms. The Morgan fingerprint density at radius 1 is 1.43 bits per heavy atom. The van der Waals surface area contributed by atoms with Gasteiger partial charge in [-0.2, -0.15) is 0 Å². The van der Waals surface area contributed by atoms with Crippen LogP contribution in [0.1, 0.15) is 23.3 Å². The molecule has 1 atom stereocenters. The molecule has 6 nitrogen and oxygen atoms in total. The number of aromatic nitrogens is 1. The van der Waals surface area contributed by atoms with Crippen LogP contribution in [-0.4, -0.2) is 35.7 Å². The number of oxazole rings is 1. The van der Waals surface area contributed by atoms with Gasteiger partial charge >= 0.3 is 6.03 Å². The van der Waals surface area contributed by atoms with Crippen molar-refractivity contribution < 1.29 is 18.3 Å². The molecule has 2 heterocycles. The van der Waals surface area contributed by atoms with Crippen LogP contribution in [-0.2, 0) is 11.3 Å². The second-order valence-electron chi connectivity index (χ2n) is 5.34. The summed E-state index contributed by atoms with van der Waals surface area (Å²) in [7, 11) is 0. The van der Waals surface area contributed by atoms with Crippen LogP contribution in [0.15, 0.2) is 34.9 Å². The molecule has 0 saturated carbocycles. The summed E-state index contributed by atoms with van der Waals surface area (Å²) in [6, 6.07) is 5.68. The lowest BCUT2D eigenvalue weighted by atomic mass is 10.1. The molecule has 0 spiro atoms. The molecule has 2 aromatic rings. The van der Waals surface area contributed by atoms with Crippen molar-refractivity contribution in [2.24, 2.45) is 0 Å². The van der Waals surface area contributed by atoms with E-state index in [9.17, 15) is 9.18 Å². The zero-order chi connectivity index (χ0) is 16.2. The van der Waals surface area contributed by atoms with Crippen LogP contribution in [0, 0.1) is 12.7 Å². The highest BCUT2D eigenvalue weighted by Crippen LogP contribution is 2.24. The molecule has 1 aliphatic rings. The number of urea groups is 1. The van der Waals surface area contributed by atoms with Crippen LogP contribution >= 0.6 is 0 Å². The average Bonchev–Trinajstić information content (AvgIpc) is 2.99. The van der Waals surface area contributed by atoms with E-state index in [1.807, 2.05) is 0 Å². The normalized spacial score (nSPS) is 18.0. The molecule has 1 N–H and O–H groups in total. The van der Waals surface area contributed by atoms with Gasteiger partial charge < -0.3 is 19.4 Å². The number of carbonyl (C=O) groups excluding carboxylic acids is 1. The third-order valence-electron chi connectivity index (χ3n) is 3.73. The lowest BCUT2D eigenvalue weighted by molar-refractivity contribution is 0.0115. The molecule has 122 valence electrons. The minimum absolute atomic E-state index is 0.211. The van der Waals surface area contributed by atoms with Gasteiger partial charge in [-0.3, -0.25) is 0 Å². The van der Waals surface area contributed by atoms with Crippen molar-refractivity contribution in [1.29, 1.82) is 0 Å². The maximum Gasteiger partial charge on any atom is 0.318 e. The first kappa shape index (κ1) is 15.5. The van der Waals surface area contributed by atoms with Gasteiger partial charge in [0.15, 0.2) is 5.89 Å². The van der Waals surface area contributed by atoms with Crippen molar-refractivity contribution in [1.82, 2.24) is 15.2 Å².